The highest BCUT2D eigenvalue weighted by Crippen LogP contribution is 2.08. The number of nitrogens with zero attached hydrogens (tertiary/aromatic N) is 1. The molecule has 122 valence electrons. The molecule has 0 saturated carbocycles. The van der Waals surface area contributed by atoms with Gasteiger partial charge in [0.15, 0.2) is 0 Å². The molecule has 0 aromatic heterocycles. The third-order valence-corrected chi connectivity index (χ3v) is 3.16. The van der Waals surface area contributed by atoms with Crippen LogP contribution in [0, 0.1) is 0 Å². The molecule has 0 bridgehead atoms. The van der Waals surface area contributed by atoms with E-state index in [9.17, 15) is 9.59 Å². The van der Waals surface area contributed by atoms with Crippen molar-refractivity contribution in [1.82, 2.24) is 10.2 Å². The number of methoxy groups -OCH3 is 2. The minimum atomic E-state index is -0.0783. The number of carbonyl (C=O) groups is 2. The van der Waals surface area contributed by atoms with E-state index in [1.165, 1.54) is 6.92 Å². The second kappa shape index (κ2) is 9.92. The van der Waals surface area contributed by atoms with Crippen LogP contribution in [0.2, 0.25) is 0 Å². The fraction of sp³-hybridized carbons (Fsp3) is 0.500. The normalized spacial score (nSPS) is 10.3. The summed E-state index contributed by atoms with van der Waals surface area (Å²) < 4.78 is 10.1. The van der Waals surface area contributed by atoms with Crippen molar-refractivity contribution in [2.75, 3.05) is 40.5 Å². The predicted octanol–water partition coefficient (Wildman–Crippen LogP) is 1.06. The number of nitrogens with one attached hydrogen (secondary N) is 1. The van der Waals surface area contributed by atoms with Gasteiger partial charge in [0.25, 0.3) is 5.91 Å². The molecule has 0 aliphatic rings. The van der Waals surface area contributed by atoms with E-state index >= 15 is 0 Å². The van der Waals surface area contributed by atoms with Gasteiger partial charge in [0, 0.05) is 46.3 Å². The van der Waals surface area contributed by atoms with Crippen LogP contribution in [0.4, 0.5) is 0 Å². The Balaban J connectivity index is 2.69. The molecule has 22 heavy (non-hydrogen) atoms. The Hall–Kier alpha value is -1.92. The van der Waals surface area contributed by atoms with Crippen molar-refractivity contribution in [1.29, 1.82) is 0 Å². The van der Waals surface area contributed by atoms with Gasteiger partial charge in [-0.1, -0.05) is 12.1 Å². The molecule has 0 atom stereocenters. The third-order valence-electron chi connectivity index (χ3n) is 3.16. The van der Waals surface area contributed by atoms with E-state index in [2.05, 4.69) is 5.32 Å². The summed E-state index contributed by atoms with van der Waals surface area (Å²) in [7, 11) is 3.21. The molecule has 0 saturated heterocycles. The summed E-state index contributed by atoms with van der Waals surface area (Å²) in [6, 6.07) is 7.22. The first-order valence-corrected chi connectivity index (χ1v) is 7.19. The SMILES string of the molecule is COCCN(CCOC)C(=O)c1ccc(CNC(C)=O)cc1. The minimum absolute atomic E-state index is 0.0554. The van der Waals surface area contributed by atoms with Gasteiger partial charge in [0.05, 0.1) is 13.2 Å². The first kappa shape index (κ1) is 18.1. The molecule has 6 nitrogen and oxygen atoms in total. The van der Waals surface area contributed by atoms with Crippen LogP contribution < -0.4 is 5.32 Å². The second-order valence-corrected chi connectivity index (χ2v) is 4.88. The first-order chi connectivity index (χ1) is 10.6. The lowest BCUT2D eigenvalue weighted by Gasteiger charge is -2.22. The molecule has 2 amide bonds. The third kappa shape index (κ3) is 6.24. The van der Waals surface area contributed by atoms with Crippen LogP contribution in [-0.2, 0) is 20.8 Å². The van der Waals surface area contributed by atoms with Crippen molar-refractivity contribution >= 4 is 11.8 Å². The van der Waals surface area contributed by atoms with E-state index in [4.69, 9.17) is 9.47 Å². The van der Waals surface area contributed by atoms with Crippen LogP contribution >= 0.6 is 0 Å². The molecule has 1 aromatic carbocycles. The molecule has 0 aliphatic carbocycles. The summed E-state index contributed by atoms with van der Waals surface area (Å²) in [5, 5.41) is 2.72. The van der Waals surface area contributed by atoms with Gasteiger partial charge in [0.2, 0.25) is 5.91 Å². The van der Waals surface area contributed by atoms with Gasteiger partial charge in [0.1, 0.15) is 0 Å². The fourth-order valence-electron chi connectivity index (χ4n) is 1.89. The van der Waals surface area contributed by atoms with Gasteiger partial charge >= 0.3 is 0 Å². The zero-order valence-electron chi connectivity index (χ0n) is 13.4. The topological polar surface area (TPSA) is 67.9 Å². The van der Waals surface area contributed by atoms with Gasteiger partial charge in [-0.25, -0.2) is 0 Å². The Morgan fingerprint density at radius 2 is 1.59 bits per heavy atom. The van der Waals surface area contributed by atoms with E-state index in [0.29, 0.717) is 38.4 Å². The molecule has 0 unspecified atom stereocenters. The second-order valence-electron chi connectivity index (χ2n) is 4.88. The highest BCUT2D eigenvalue weighted by Gasteiger charge is 2.15. The average Bonchev–Trinajstić information content (AvgIpc) is 2.53. The molecule has 6 heteroatoms. The first-order valence-electron chi connectivity index (χ1n) is 7.19. The zero-order chi connectivity index (χ0) is 16.4. The molecule has 1 aromatic rings. The van der Waals surface area contributed by atoms with Crippen LogP contribution in [0.25, 0.3) is 0 Å². The Kier molecular flexibility index (Phi) is 8.17. The van der Waals surface area contributed by atoms with Crippen molar-refractivity contribution in [3.63, 3.8) is 0 Å². The quantitative estimate of drug-likeness (QED) is 0.740. The van der Waals surface area contributed by atoms with Crippen molar-refractivity contribution in [2.45, 2.75) is 13.5 Å². The minimum Gasteiger partial charge on any atom is -0.383 e. The Morgan fingerprint density at radius 3 is 2.05 bits per heavy atom. The summed E-state index contributed by atoms with van der Waals surface area (Å²) in [5.74, 6) is -0.134. The monoisotopic (exact) mass is 308 g/mol. The molecular weight excluding hydrogens is 284 g/mol. The standard InChI is InChI=1S/C16H24N2O4/c1-13(19)17-12-14-4-6-15(7-5-14)16(20)18(8-10-21-2)9-11-22-3/h4-7H,8-12H2,1-3H3,(H,17,19). The number of amides is 2. The number of hydrogen-bond donors (Lipinski definition) is 1. The lowest BCUT2D eigenvalue weighted by molar-refractivity contribution is -0.119. The summed E-state index contributed by atoms with van der Waals surface area (Å²) >= 11 is 0. The smallest absolute Gasteiger partial charge is 0.254 e. The highest BCUT2D eigenvalue weighted by molar-refractivity contribution is 5.94. The fourth-order valence-corrected chi connectivity index (χ4v) is 1.89. The largest absolute Gasteiger partial charge is 0.383 e. The van der Waals surface area contributed by atoms with Crippen molar-refractivity contribution in [2.24, 2.45) is 0 Å². The summed E-state index contributed by atoms with van der Waals surface area (Å²) in [6.07, 6.45) is 0. The molecule has 1 N–H and O–H groups in total. The summed E-state index contributed by atoms with van der Waals surface area (Å²) in [6.45, 7) is 3.94. The summed E-state index contributed by atoms with van der Waals surface area (Å²) in [5.41, 5.74) is 1.56. The molecule has 0 spiro atoms. The van der Waals surface area contributed by atoms with Crippen molar-refractivity contribution in [3.05, 3.63) is 35.4 Å². The summed E-state index contributed by atoms with van der Waals surface area (Å²) in [4.78, 5) is 25.1. The average molecular weight is 308 g/mol. The maximum absolute atomic E-state index is 12.5. The molecule has 0 fully saturated rings. The molecule has 1 rings (SSSR count). The Labute approximate surface area is 131 Å². The molecule has 0 aliphatic heterocycles. The number of hydrogen-bond acceptors (Lipinski definition) is 4. The maximum Gasteiger partial charge on any atom is 0.254 e. The lowest BCUT2D eigenvalue weighted by Crippen LogP contribution is -2.36. The van der Waals surface area contributed by atoms with Crippen LogP contribution in [-0.4, -0.2) is 57.2 Å². The van der Waals surface area contributed by atoms with Gasteiger partial charge in [-0.2, -0.15) is 0 Å². The Bertz CT molecular complexity index is 466. The van der Waals surface area contributed by atoms with Crippen molar-refractivity contribution in [3.8, 4) is 0 Å². The van der Waals surface area contributed by atoms with Gasteiger partial charge in [-0.15, -0.1) is 0 Å². The molecule has 0 radical (unpaired) electrons. The highest BCUT2D eigenvalue weighted by atomic mass is 16.5. The Morgan fingerprint density at radius 1 is 1.05 bits per heavy atom. The van der Waals surface area contributed by atoms with Crippen LogP contribution in [0.3, 0.4) is 0 Å². The maximum atomic E-state index is 12.5. The van der Waals surface area contributed by atoms with E-state index in [0.717, 1.165) is 5.56 Å². The number of carbonyl (C=O) groups excluding carboxylic acids is 2. The van der Waals surface area contributed by atoms with E-state index in [-0.39, 0.29) is 11.8 Å². The van der Waals surface area contributed by atoms with Gasteiger partial charge < -0.3 is 19.7 Å². The van der Waals surface area contributed by atoms with Crippen LogP contribution in [0.15, 0.2) is 24.3 Å². The van der Waals surface area contributed by atoms with Crippen molar-refractivity contribution < 1.29 is 19.1 Å². The predicted molar refractivity (Wildman–Crippen MR) is 83.6 cm³/mol. The van der Waals surface area contributed by atoms with Crippen LogP contribution in [0.1, 0.15) is 22.8 Å². The van der Waals surface area contributed by atoms with Gasteiger partial charge in [-0.3, -0.25) is 9.59 Å². The lowest BCUT2D eigenvalue weighted by atomic mass is 10.1. The van der Waals surface area contributed by atoms with Gasteiger partial charge in [-0.05, 0) is 17.7 Å². The van der Waals surface area contributed by atoms with E-state index in [1.54, 1.807) is 31.3 Å². The zero-order valence-corrected chi connectivity index (χ0v) is 13.4. The van der Waals surface area contributed by atoms with E-state index in [1.807, 2.05) is 12.1 Å². The number of benzene rings is 1. The van der Waals surface area contributed by atoms with E-state index < -0.39 is 0 Å². The molecular formula is C16H24N2O4. The number of ether oxygens (including phenoxy) is 2. The number of rotatable bonds is 9. The van der Waals surface area contributed by atoms with Crippen LogP contribution in [0.5, 0.6) is 0 Å². The molecule has 0 heterocycles.